The molecule has 0 fully saturated rings. The number of benzene rings is 1. The van der Waals surface area contributed by atoms with Gasteiger partial charge in [0, 0.05) is 30.6 Å². The summed E-state index contributed by atoms with van der Waals surface area (Å²) >= 11 is 6.51. The number of nitrogens with zero attached hydrogens (tertiary/aromatic N) is 4. The molecule has 0 radical (unpaired) electrons. The molecule has 0 atom stereocenters. The minimum absolute atomic E-state index is 0.155. The largest absolute Gasteiger partial charge is 0.300 e. The van der Waals surface area contributed by atoms with Gasteiger partial charge >= 0.3 is 0 Å². The second kappa shape index (κ2) is 10.3. The van der Waals surface area contributed by atoms with Gasteiger partial charge in [-0.15, -0.1) is 17.9 Å². The highest BCUT2D eigenvalue weighted by atomic mass is 32.2. The maximum Gasteiger partial charge on any atom is 0.257 e. The number of nitrogens with one attached hydrogen (secondary N) is 2. The van der Waals surface area contributed by atoms with Crippen LogP contribution in [0.2, 0.25) is 0 Å². The molecule has 0 saturated heterocycles. The van der Waals surface area contributed by atoms with Gasteiger partial charge in [0.15, 0.2) is 9.90 Å². The zero-order chi connectivity index (χ0) is 23.3. The molecule has 0 saturated carbocycles. The van der Waals surface area contributed by atoms with E-state index in [0.717, 1.165) is 11.5 Å². The first-order valence-electron chi connectivity index (χ1n) is 9.91. The van der Waals surface area contributed by atoms with Crippen LogP contribution < -0.4 is 5.32 Å². The summed E-state index contributed by atoms with van der Waals surface area (Å²) < 4.78 is 28.9. The van der Waals surface area contributed by atoms with Gasteiger partial charge in [-0.1, -0.05) is 19.9 Å². The second-order valence-corrected chi connectivity index (χ2v) is 9.92. The summed E-state index contributed by atoms with van der Waals surface area (Å²) in [6.07, 6.45) is 2.19. The first-order chi connectivity index (χ1) is 15.3. The summed E-state index contributed by atoms with van der Waals surface area (Å²) in [5, 5.41) is 12.0. The van der Waals surface area contributed by atoms with Crippen molar-refractivity contribution in [3.63, 3.8) is 0 Å². The smallest absolute Gasteiger partial charge is 0.257 e. The van der Waals surface area contributed by atoms with Crippen molar-refractivity contribution in [1.82, 2.24) is 24.1 Å². The van der Waals surface area contributed by atoms with Crippen molar-refractivity contribution in [2.45, 2.75) is 31.7 Å². The maximum absolute atomic E-state index is 12.6. The second-order valence-electron chi connectivity index (χ2n) is 6.73. The number of amides is 1. The first kappa shape index (κ1) is 24.0. The zero-order valence-corrected chi connectivity index (χ0v) is 20.2. The standard InChI is InChI=1S/C20H24N6O3S3/c1-4-11-26-17(23-24-20(26)30)12-15-13-31-19(21-15)22-18(27)14-7-9-16(10-8-14)32(28,29)25(5-2)6-3/h4,7-10,13H,1,5-6,11-12H2,2-3H3,(H,24,30)(H,21,22,27). The quantitative estimate of drug-likeness (QED) is 0.331. The van der Waals surface area contributed by atoms with Crippen LogP contribution in [0, 0.1) is 4.77 Å². The number of rotatable bonds is 10. The molecule has 12 heteroatoms. The summed E-state index contributed by atoms with van der Waals surface area (Å²) in [6.45, 7) is 8.59. The van der Waals surface area contributed by atoms with Crippen LogP contribution in [0.5, 0.6) is 0 Å². The number of hydrogen-bond donors (Lipinski definition) is 2. The highest BCUT2D eigenvalue weighted by molar-refractivity contribution is 7.89. The maximum atomic E-state index is 12.6. The normalized spacial score (nSPS) is 11.6. The Hall–Kier alpha value is -2.67. The molecule has 32 heavy (non-hydrogen) atoms. The van der Waals surface area contributed by atoms with Gasteiger partial charge in [-0.05, 0) is 36.5 Å². The van der Waals surface area contributed by atoms with Gasteiger partial charge < -0.3 is 0 Å². The molecule has 1 aromatic carbocycles. The van der Waals surface area contributed by atoms with Gasteiger partial charge in [-0.25, -0.2) is 13.4 Å². The molecular weight excluding hydrogens is 468 g/mol. The SMILES string of the molecule is C=CCn1c(Cc2csc(NC(=O)c3ccc(S(=O)(=O)N(CC)CC)cc3)n2)n[nH]c1=S. The topological polar surface area (TPSA) is 113 Å². The van der Waals surface area contributed by atoms with E-state index < -0.39 is 10.0 Å². The number of aromatic nitrogens is 4. The molecule has 2 aromatic heterocycles. The highest BCUT2D eigenvalue weighted by Crippen LogP contribution is 2.20. The Morgan fingerprint density at radius 1 is 1.31 bits per heavy atom. The van der Waals surface area contributed by atoms with Crippen molar-refractivity contribution in [2.75, 3.05) is 18.4 Å². The van der Waals surface area contributed by atoms with E-state index in [9.17, 15) is 13.2 Å². The number of H-pyrrole nitrogens is 1. The lowest BCUT2D eigenvalue weighted by Gasteiger charge is -2.18. The van der Waals surface area contributed by atoms with Gasteiger partial charge in [-0.3, -0.25) is 19.8 Å². The van der Waals surface area contributed by atoms with E-state index in [2.05, 4.69) is 27.1 Å². The van der Waals surface area contributed by atoms with E-state index in [-0.39, 0.29) is 10.8 Å². The molecule has 0 aliphatic rings. The van der Waals surface area contributed by atoms with E-state index in [1.807, 2.05) is 9.95 Å². The number of aromatic amines is 1. The third-order valence-corrected chi connectivity index (χ3v) is 7.90. The van der Waals surface area contributed by atoms with Gasteiger partial charge in [0.1, 0.15) is 5.82 Å². The molecule has 9 nitrogen and oxygen atoms in total. The number of carbonyl (C=O) groups is 1. The van der Waals surface area contributed by atoms with Crippen molar-refractivity contribution in [3.8, 4) is 0 Å². The average molecular weight is 493 g/mol. The summed E-state index contributed by atoms with van der Waals surface area (Å²) in [7, 11) is -3.57. The molecule has 0 unspecified atom stereocenters. The van der Waals surface area contributed by atoms with E-state index in [4.69, 9.17) is 12.2 Å². The molecule has 170 valence electrons. The summed E-state index contributed by atoms with van der Waals surface area (Å²) in [5.41, 5.74) is 1.08. The van der Waals surface area contributed by atoms with Crippen LogP contribution in [-0.2, 0) is 23.0 Å². The lowest BCUT2D eigenvalue weighted by molar-refractivity contribution is 0.102. The van der Waals surface area contributed by atoms with Gasteiger partial charge in [0.25, 0.3) is 5.91 Å². The molecule has 1 amide bonds. The van der Waals surface area contributed by atoms with Crippen LogP contribution in [0.4, 0.5) is 5.13 Å². The van der Waals surface area contributed by atoms with Crippen molar-refractivity contribution in [1.29, 1.82) is 0 Å². The van der Waals surface area contributed by atoms with Crippen molar-refractivity contribution < 1.29 is 13.2 Å². The highest BCUT2D eigenvalue weighted by Gasteiger charge is 2.22. The molecule has 0 spiro atoms. The first-order valence-corrected chi connectivity index (χ1v) is 12.6. The van der Waals surface area contributed by atoms with Gasteiger partial charge in [0.2, 0.25) is 10.0 Å². The minimum Gasteiger partial charge on any atom is -0.300 e. The number of carbonyl (C=O) groups excluding carboxylic acids is 1. The monoisotopic (exact) mass is 492 g/mol. The molecule has 2 N–H and O–H groups in total. The van der Waals surface area contributed by atoms with Gasteiger partial charge in [-0.2, -0.15) is 9.40 Å². The van der Waals surface area contributed by atoms with Crippen LogP contribution >= 0.6 is 23.6 Å². The fraction of sp³-hybridized carbons (Fsp3) is 0.300. The van der Waals surface area contributed by atoms with Crippen LogP contribution in [0.25, 0.3) is 0 Å². The van der Waals surface area contributed by atoms with Crippen LogP contribution in [0.1, 0.15) is 35.7 Å². The Morgan fingerprint density at radius 2 is 2.00 bits per heavy atom. The average Bonchev–Trinajstić information content (AvgIpc) is 3.36. The lowest BCUT2D eigenvalue weighted by atomic mass is 10.2. The fourth-order valence-corrected chi connectivity index (χ4v) is 5.46. The zero-order valence-electron chi connectivity index (χ0n) is 17.7. The summed E-state index contributed by atoms with van der Waals surface area (Å²) in [6, 6.07) is 5.87. The molecule has 0 bridgehead atoms. The minimum atomic E-state index is -3.57. The molecular formula is C20H24N6O3S3. The third-order valence-electron chi connectivity index (χ3n) is 4.72. The molecule has 0 aliphatic carbocycles. The van der Waals surface area contributed by atoms with Crippen LogP contribution in [0.15, 0.2) is 47.2 Å². The van der Waals surface area contributed by atoms with E-state index >= 15 is 0 Å². The predicted octanol–water partition coefficient (Wildman–Crippen LogP) is 3.46. The molecule has 3 aromatic rings. The van der Waals surface area contributed by atoms with Crippen LogP contribution in [0.3, 0.4) is 0 Å². The predicted molar refractivity (Wildman–Crippen MR) is 127 cm³/mol. The van der Waals surface area contributed by atoms with Gasteiger partial charge in [0.05, 0.1) is 17.0 Å². The van der Waals surface area contributed by atoms with Crippen molar-refractivity contribution >= 4 is 44.6 Å². The third kappa shape index (κ3) is 5.21. The van der Waals surface area contributed by atoms with E-state index in [1.54, 1.807) is 19.9 Å². The lowest BCUT2D eigenvalue weighted by Crippen LogP contribution is -2.30. The molecule has 0 aliphatic heterocycles. The Kier molecular flexibility index (Phi) is 7.72. The summed E-state index contributed by atoms with van der Waals surface area (Å²) in [4.78, 5) is 17.2. The molecule has 3 rings (SSSR count). The number of allylic oxidation sites excluding steroid dienone is 1. The molecule has 2 heterocycles. The fourth-order valence-electron chi connectivity index (χ4n) is 3.07. The van der Waals surface area contributed by atoms with Crippen molar-refractivity contribution in [2.24, 2.45) is 0 Å². The Bertz CT molecular complexity index is 1250. The Balaban J connectivity index is 1.69. The number of anilines is 1. The van der Waals surface area contributed by atoms with E-state index in [0.29, 0.717) is 41.5 Å². The Labute approximate surface area is 195 Å². The number of sulfonamides is 1. The van der Waals surface area contributed by atoms with Crippen molar-refractivity contribution in [3.05, 3.63) is 64.2 Å². The number of hydrogen-bond acceptors (Lipinski definition) is 7. The number of thiazole rings is 1. The van der Waals surface area contributed by atoms with E-state index in [1.165, 1.54) is 39.9 Å². The summed E-state index contributed by atoms with van der Waals surface area (Å²) in [5.74, 6) is 0.357. The Morgan fingerprint density at radius 3 is 2.62 bits per heavy atom. The van der Waals surface area contributed by atoms with Crippen LogP contribution in [-0.4, -0.2) is 51.5 Å².